The van der Waals surface area contributed by atoms with Gasteiger partial charge in [-0.1, -0.05) is 37.3 Å². The predicted molar refractivity (Wildman–Crippen MR) is 128 cm³/mol. The van der Waals surface area contributed by atoms with Crippen LogP contribution in [0.4, 0.5) is 15.5 Å². The molecule has 1 spiro atoms. The molecule has 2 heterocycles. The van der Waals surface area contributed by atoms with E-state index in [1.807, 2.05) is 43.3 Å². The summed E-state index contributed by atoms with van der Waals surface area (Å²) in [6.07, 6.45) is -0.206. The van der Waals surface area contributed by atoms with E-state index in [1.165, 1.54) is 6.92 Å². The van der Waals surface area contributed by atoms with E-state index in [0.717, 1.165) is 16.8 Å². The number of benzene rings is 2. The standard InChI is InChI=1S/C25H31FN2O4Si/c1-16-23(33(3,4)26)22(13-14-29)32-25(16)20-7-5-6-8-21(20)28(24(25)31)15-18-9-11-19(12-10-18)27-17(2)30/h5-12,16,22-23,29H,13-15H2,1-4H3,(H,27,30)/t16-,22+,23-,25+/m1/s1. The normalized spacial score (nSPS) is 26.7. The largest absolute Gasteiger partial charge is 0.396 e. The zero-order valence-electron chi connectivity index (χ0n) is 19.5. The third kappa shape index (κ3) is 4.00. The third-order valence-electron chi connectivity index (χ3n) is 6.90. The van der Waals surface area contributed by atoms with Crippen LogP contribution in [0.2, 0.25) is 18.6 Å². The summed E-state index contributed by atoms with van der Waals surface area (Å²) in [6.45, 7) is 6.89. The van der Waals surface area contributed by atoms with Crippen molar-refractivity contribution in [3.8, 4) is 0 Å². The SMILES string of the molecule is CC(=O)Nc1ccc(CN2C(=O)[C@@]3(O[C@@H](CCO)[C@H]([Si](C)(C)F)[C@H]3C)c3ccccc32)cc1. The van der Waals surface area contributed by atoms with Gasteiger partial charge < -0.3 is 24.2 Å². The van der Waals surface area contributed by atoms with Gasteiger partial charge in [0.2, 0.25) is 14.3 Å². The molecule has 2 amide bonds. The molecule has 2 aromatic rings. The first-order valence-electron chi connectivity index (χ1n) is 11.3. The highest BCUT2D eigenvalue weighted by atomic mass is 28.4. The van der Waals surface area contributed by atoms with E-state index in [-0.39, 0.29) is 24.3 Å². The minimum Gasteiger partial charge on any atom is -0.396 e. The number of carbonyl (C=O) groups is 2. The zero-order chi connectivity index (χ0) is 24.0. The lowest BCUT2D eigenvalue weighted by atomic mass is 9.82. The molecule has 2 N–H and O–H groups in total. The van der Waals surface area contributed by atoms with Crippen LogP contribution in [-0.2, 0) is 26.5 Å². The fourth-order valence-electron chi connectivity index (χ4n) is 5.63. The van der Waals surface area contributed by atoms with Crippen molar-refractivity contribution in [2.45, 2.75) is 57.2 Å². The molecule has 0 aromatic heterocycles. The number of fused-ring (bicyclic) bond motifs is 2. The number of halogens is 1. The summed E-state index contributed by atoms with van der Waals surface area (Å²) < 4.78 is 21.9. The van der Waals surface area contributed by atoms with Gasteiger partial charge in [-0.3, -0.25) is 9.59 Å². The number of hydrogen-bond acceptors (Lipinski definition) is 4. The quantitative estimate of drug-likeness (QED) is 0.486. The Labute approximate surface area is 194 Å². The number of aliphatic hydroxyl groups excluding tert-OH is 1. The number of aliphatic hydroxyl groups is 1. The van der Waals surface area contributed by atoms with Crippen LogP contribution in [0.1, 0.15) is 31.4 Å². The van der Waals surface area contributed by atoms with Gasteiger partial charge in [0.15, 0.2) is 5.60 Å². The second-order valence-corrected chi connectivity index (χ2v) is 13.4. The third-order valence-corrected chi connectivity index (χ3v) is 9.35. The minimum atomic E-state index is -3.19. The van der Waals surface area contributed by atoms with Crippen molar-refractivity contribution >= 4 is 31.6 Å². The molecule has 2 aliphatic rings. The molecule has 0 aliphatic carbocycles. The average Bonchev–Trinajstić information content (AvgIpc) is 3.17. The van der Waals surface area contributed by atoms with Gasteiger partial charge in [-0.05, 0) is 43.3 Å². The summed E-state index contributed by atoms with van der Waals surface area (Å²) >= 11 is 0. The fraction of sp³-hybridized carbons (Fsp3) is 0.440. The lowest BCUT2D eigenvalue weighted by Crippen LogP contribution is -2.45. The number of para-hydroxylation sites is 1. The lowest BCUT2D eigenvalue weighted by Gasteiger charge is -2.31. The molecular weight excluding hydrogens is 439 g/mol. The molecule has 0 saturated carbocycles. The van der Waals surface area contributed by atoms with Crippen LogP contribution in [0.3, 0.4) is 0 Å². The molecule has 6 nitrogen and oxygen atoms in total. The minimum absolute atomic E-state index is 0.116. The number of rotatable bonds is 6. The van der Waals surface area contributed by atoms with E-state index in [2.05, 4.69) is 5.32 Å². The van der Waals surface area contributed by atoms with Gasteiger partial charge in [0.1, 0.15) is 0 Å². The van der Waals surface area contributed by atoms with Gasteiger partial charge in [-0.15, -0.1) is 0 Å². The topological polar surface area (TPSA) is 78.9 Å². The summed E-state index contributed by atoms with van der Waals surface area (Å²) in [7, 11) is -3.19. The Bertz CT molecular complexity index is 1060. The maximum atomic E-state index is 15.5. The first-order chi connectivity index (χ1) is 15.6. The first kappa shape index (κ1) is 23.6. The summed E-state index contributed by atoms with van der Waals surface area (Å²) in [6, 6.07) is 14.9. The van der Waals surface area contributed by atoms with Crippen molar-refractivity contribution in [3.05, 3.63) is 59.7 Å². The van der Waals surface area contributed by atoms with Crippen molar-refractivity contribution in [2.75, 3.05) is 16.8 Å². The van der Waals surface area contributed by atoms with E-state index in [9.17, 15) is 14.7 Å². The van der Waals surface area contributed by atoms with Gasteiger partial charge in [-0.2, -0.15) is 0 Å². The second kappa shape index (κ2) is 8.66. The molecule has 4 atom stereocenters. The molecular formula is C25H31FN2O4Si. The molecule has 2 aromatic carbocycles. The highest BCUT2D eigenvalue weighted by Crippen LogP contribution is 2.60. The fourth-order valence-corrected chi connectivity index (χ4v) is 8.18. The van der Waals surface area contributed by atoms with Crippen LogP contribution >= 0.6 is 0 Å². The van der Waals surface area contributed by atoms with Crippen molar-refractivity contribution in [3.63, 3.8) is 0 Å². The van der Waals surface area contributed by atoms with Gasteiger partial charge in [0, 0.05) is 36.2 Å². The molecule has 176 valence electrons. The molecule has 0 radical (unpaired) electrons. The van der Waals surface area contributed by atoms with Crippen LogP contribution in [0.15, 0.2) is 48.5 Å². The van der Waals surface area contributed by atoms with Crippen LogP contribution in [-0.4, -0.2) is 38.0 Å². The Morgan fingerprint density at radius 3 is 2.48 bits per heavy atom. The number of anilines is 2. The van der Waals surface area contributed by atoms with E-state index >= 15 is 4.11 Å². The predicted octanol–water partition coefficient (Wildman–Crippen LogP) is 4.35. The van der Waals surface area contributed by atoms with Crippen LogP contribution in [0.5, 0.6) is 0 Å². The Hall–Kier alpha value is -2.55. The van der Waals surface area contributed by atoms with E-state index < -0.39 is 25.7 Å². The van der Waals surface area contributed by atoms with Crippen LogP contribution in [0, 0.1) is 5.92 Å². The molecule has 1 fully saturated rings. The molecule has 4 rings (SSSR count). The molecule has 8 heteroatoms. The van der Waals surface area contributed by atoms with Crippen molar-refractivity contribution in [1.82, 2.24) is 0 Å². The zero-order valence-corrected chi connectivity index (χ0v) is 20.5. The molecule has 33 heavy (non-hydrogen) atoms. The summed E-state index contributed by atoms with van der Waals surface area (Å²) in [5.74, 6) is -0.695. The molecule has 0 bridgehead atoms. The molecule has 0 unspecified atom stereocenters. The van der Waals surface area contributed by atoms with Gasteiger partial charge in [0.25, 0.3) is 5.91 Å². The summed E-state index contributed by atoms with van der Waals surface area (Å²) in [5.41, 5.74) is 1.46. The number of nitrogens with zero attached hydrogens (tertiary/aromatic N) is 1. The van der Waals surface area contributed by atoms with Crippen molar-refractivity contribution < 1.29 is 23.5 Å². The van der Waals surface area contributed by atoms with Crippen molar-refractivity contribution in [2.24, 2.45) is 5.92 Å². The number of nitrogens with one attached hydrogen (secondary N) is 1. The summed E-state index contributed by atoms with van der Waals surface area (Å²) in [5, 5.41) is 12.3. The molecule has 1 saturated heterocycles. The number of hydrogen-bond donors (Lipinski definition) is 2. The Morgan fingerprint density at radius 1 is 1.21 bits per heavy atom. The van der Waals surface area contributed by atoms with Crippen LogP contribution in [0.25, 0.3) is 0 Å². The van der Waals surface area contributed by atoms with Crippen LogP contribution < -0.4 is 10.2 Å². The maximum absolute atomic E-state index is 15.5. The van der Waals surface area contributed by atoms with E-state index in [4.69, 9.17) is 4.74 Å². The first-order valence-corrected chi connectivity index (χ1v) is 14.3. The lowest BCUT2D eigenvalue weighted by molar-refractivity contribution is -0.146. The second-order valence-electron chi connectivity index (χ2n) is 9.57. The number of amides is 2. The highest BCUT2D eigenvalue weighted by molar-refractivity contribution is 6.72. The molecule has 2 aliphatic heterocycles. The summed E-state index contributed by atoms with van der Waals surface area (Å²) in [4.78, 5) is 27.0. The number of carbonyl (C=O) groups excluding carboxylic acids is 2. The van der Waals surface area contributed by atoms with Crippen molar-refractivity contribution in [1.29, 1.82) is 0 Å². The smallest absolute Gasteiger partial charge is 0.264 e. The Balaban J connectivity index is 1.71. The Kier molecular flexibility index (Phi) is 6.20. The number of ether oxygens (including phenoxy) is 1. The van der Waals surface area contributed by atoms with Gasteiger partial charge >= 0.3 is 0 Å². The monoisotopic (exact) mass is 470 g/mol. The van der Waals surface area contributed by atoms with Gasteiger partial charge in [-0.25, -0.2) is 0 Å². The van der Waals surface area contributed by atoms with E-state index in [1.54, 1.807) is 30.1 Å². The average molecular weight is 471 g/mol. The van der Waals surface area contributed by atoms with E-state index in [0.29, 0.717) is 18.7 Å². The van der Waals surface area contributed by atoms with Gasteiger partial charge in [0.05, 0.1) is 18.3 Å². The highest BCUT2D eigenvalue weighted by Gasteiger charge is 2.66. The maximum Gasteiger partial charge on any atom is 0.264 e. The Morgan fingerprint density at radius 2 is 1.88 bits per heavy atom.